The maximum absolute atomic E-state index is 12.4. The summed E-state index contributed by atoms with van der Waals surface area (Å²) in [5.41, 5.74) is 5.12. The van der Waals surface area contributed by atoms with Gasteiger partial charge in [0.15, 0.2) is 10.7 Å². The van der Waals surface area contributed by atoms with Gasteiger partial charge in [-0.1, -0.05) is 43.6 Å². The highest BCUT2D eigenvalue weighted by molar-refractivity contribution is 7.80. The third-order valence-corrected chi connectivity index (χ3v) is 5.92. The zero-order valence-electron chi connectivity index (χ0n) is 19.0. The third kappa shape index (κ3) is 5.38. The summed E-state index contributed by atoms with van der Waals surface area (Å²) < 4.78 is 11.0. The van der Waals surface area contributed by atoms with E-state index in [0.29, 0.717) is 34.7 Å². The Morgan fingerprint density at radius 3 is 2.56 bits per heavy atom. The molecule has 0 atom stereocenters. The number of fused-ring (bicyclic) bond motifs is 1. The molecular formula is C26H24ClN3O3S. The second-order valence-corrected chi connectivity index (χ2v) is 8.90. The molecule has 0 unspecified atom stereocenters. The quantitative estimate of drug-likeness (QED) is 0.317. The number of thiocarbonyl (C=S) groups is 1. The molecule has 6 nitrogen and oxygen atoms in total. The van der Waals surface area contributed by atoms with Gasteiger partial charge in [-0.3, -0.25) is 10.1 Å². The molecule has 0 spiro atoms. The van der Waals surface area contributed by atoms with E-state index < -0.39 is 0 Å². The van der Waals surface area contributed by atoms with Crippen molar-refractivity contribution in [3.63, 3.8) is 0 Å². The number of oxazole rings is 1. The predicted molar refractivity (Wildman–Crippen MR) is 138 cm³/mol. The molecule has 0 aliphatic heterocycles. The summed E-state index contributed by atoms with van der Waals surface area (Å²) in [6.07, 6.45) is 0. The first-order valence-corrected chi connectivity index (χ1v) is 11.5. The lowest BCUT2D eigenvalue weighted by Crippen LogP contribution is -2.38. The average Bonchev–Trinajstić information content (AvgIpc) is 3.26. The smallest absolute Gasteiger partial charge is 0.257 e. The van der Waals surface area contributed by atoms with Crippen molar-refractivity contribution in [2.45, 2.75) is 26.3 Å². The van der Waals surface area contributed by atoms with Gasteiger partial charge in [0.1, 0.15) is 11.3 Å². The zero-order chi connectivity index (χ0) is 24.2. The minimum Gasteiger partial charge on any atom is -0.495 e. The molecule has 34 heavy (non-hydrogen) atoms. The standard InChI is InChI=1S/C26H24ClN3O3S/c1-15(2)18-8-11-23-21(13-18)29-25(33-23)17-6-4-16(5-7-17)14-28-26(34)30-24(31)19-9-10-22(32-3)20(27)12-19/h4-13,15H,14H2,1-3H3,(H2,28,30,31,34). The van der Waals surface area contributed by atoms with Gasteiger partial charge in [-0.25, -0.2) is 4.98 Å². The van der Waals surface area contributed by atoms with Crippen LogP contribution >= 0.6 is 23.8 Å². The predicted octanol–water partition coefficient (Wildman–Crippen LogP) is 6.08. The molecule has 0 radical (unpaired) electrons. The number of hydrogen-bond donors (Lipinski definition) is 2. The monoisotopic (exact) mass is 493 g/mol. The van der Waals surface area contributed by atoms with Crippen LogP contribution in [-0.4, -0.2) is 23.1 Å². The summed E-state index contributed by atoms with van der Waals surface area (Å²) >= 11 is 11.3. The molecule has 0 fully saturated rings. The normalized spacial score (nSPS) is 11.0. The van der Waals surface area contributed by atoms with Gasteiger partial charge < -0.3 is 14.5 Å². The van der Waals surface area contributed by atoms with E-state index in [-0.39, 0.29) is 11.0 Å². The second kappa shape index (κ2) is 10.2. The zero-order valence-corrected chi connectivity index (χ0v) is 20.6. The lowest BCUT2D eigenvalue weighted by atomic mass is 10.0. The fraction of sp³-hybridized carbons (Fsp3) is 0.192. The third-order valence-electron chi connectivity index (χ3n) is 5.37. The van der Waals surface area contributed by atoms with Crippen LogP contribution in [0.3, 0.4) is 0 Å². The molecule has 1 aromatic heterocycles. The number of amides is 1. The summed E-state index contributed by atoms with van der Waals surface area (Å²) in [5.74, 6) is 1.16. The van der Waals surface area contributed by atoms with Gasteiger partial charge in [0, 0.05) is 17.7 Å². The van der Waals surface area contributed by atoms with Crippen LogP contribution in [0, 0.1) is 0 Å². The number of carbonyl (C=O) groups is 1. The minimum atomic E-state index is -0.353. The number of halogens is 1. The van der Waals surface area contributed by atoms with E-state index >= 15 is 0 Å². The van der Waals surface area contributed by atoms with E-state index in [9.17, 15) is 4.79 Å². The average molecular weight is 494 g/mol. The lowest BCUT2D eigenvalue weighted by Gasteiger charge is -2.11. The molecule has 0 aliphatic carbocycles. The SMILES string of the molecule is COc1ccc(C(=O)NC(=S)NCc2ccc(-c3nc4cc(C(C)C)ccc4o3)cc2)cc1Cl. The Morgan fingerprint density at radius 2 is 1.88 bits per heavy atom. The molecule has 0 saturated heterocycles. The summed E-state index contributed by atoms with van der Waals surface area (Å²) in [6.45, 7) is 4.76. The molecule has 1 amide bonds. The Hall–Kier alpha value is -3.42. The number of methoxy groups -OCH3 is 1. The molecule has 1 heterocycles. The lowest BCUT2D eigenvalue weighted by molar-refractivity contribution is 0.0976. The van der Waals surface area contributed by atoms with Crippen molar-refractivity contribution in [2.75, 3.05) is 7.11 Å². The highest BCUT2D eigenvalue weighted by atomic mass is 35.5. The minimum absolute atomic E-state index is 0.223. The Morgan fingerprint density at radius 1 is 1.12 bits per heavy atom. The van der Waals surface area contributed by atoms with Crippen molar-refractivity contribution in [1.82, 2.24) is 15.6 Å². The molecule has 0 bridgehead atoms. The molecule has 2 N–H and O–H groups in total. The molecule has 174 valence electrons. The summed E-state index contributed by atoms with van der Waals surface area (Å²) in [7, 11) is 1.52. The second-order valence-electron chi connectivity index (χ2n) is 8.08. The Balaban J connectivity index is 1.35. The molecule has 0 saturated carbocycles. The molecule has 4 aromatic rings. The molecular weight excluding hydrogens is 470 g/mol. The maximum Gasteiger partial charge on any atom is 0.257 e. The molecule has 4 rings (SSSR count). The Labute approximate surface area is 208 Å². The van der Waals surface area contributed by atoms with Crippen LogP contribution < -0.4 is 15.4 Å². The number of nitrogens with zero attached hydrogens (tertiary/aromatic N) is 1. The first kappa shape index (κ1) is 23.7. The molecule has 3 aromatic carbocycles. The Bertz CT molecular complexity index is 1350. The van der Waals surface area contributed by atoms with Crippen molar-refractivity contribution < 1.29 is 13.9 Å². The van der Waals surface area contributed by atoms with Crippen molar-refractivity contribution in [3.05, 3.63) is 82.4 Å². The number of aromatic nitrogens is 1. The fourth-order valence-corrected chi connectivity index (χ4v) is 3.82. The van der Waals surface area contributed by atoms with E-state index in [1.807, 2.05) is 30.3 Å². The van der Waals surface area contributed by atoms with E-state index in [2.05, 4.69) is 41.6 Å². The number of hydrogen-bond acceptors (Lipinski definition) is 5. The van der Waals surface area contributed by atoms with E-state index in [4.69, 9.17) is 33.0 Å². The summed E-state index contributed by atoms with van der Waals surface area (Å²) in [4.78, 5) is 17.0. The van der Waals surface area contributed by atoms with Gasteiger partial charge in [-0.2, -0.15) is 0 Å². The topological polar surface area (TPSA) is 76.4 Å². The van der Waals surface area contributed by atoms with Crippen LogP contribution in [0.1, 0.15) is 41.3 Å². The highest BCUT2D eigenvalue weighted by Gasteiger charge is 2.12. The van der Waals surface area contributed by atoms with E-state index in [0.717, 1.165) is 22.2 Å². The maximum atomic E-state index is 12.4. The highest BCUT2D eigenvalue weighted by Crippen LogP contribution is 2.27. The van der Waals surface area contributed by atoms with Crippen LogP contribution in [0.4, 0.5) is 0 Å². The fourth-order valence-electron chi connectivity index (χ4n) is 3.40. The van der Waals surface area contributed by atoms with E-state index in [1.165, 1.54) is 18.7 Å². The number of carbonyl (C=O) groups excluding carboxylic acids is 1. The van der Waals surface area contributed by atoms with E-state index in [1.54, 1.807) is 12.1 Å². The summed E-state index contributed by atoms with van der Waals surface area (Å²) in [5, 5.41) is 6.27. The van der Waals surface area contributed by atoms with Crippen LogP contribution in [0.5, 0.6) is 5.75 Å². The number of nitrogens with one attached hydrogen (secondary N) is 2. The van der Waals surface area contributed by atoms with Crippen molar-refractivity contribution in [3.8, 4) is 17.2 Å². The molecule has 0 aliphatic rings. The van der Waals surface area contributed by atoms with Gasteiger partial charge in [-0.15, -0.1) is 0 Å². The van der Waals surface area contributed by atoms with Gasteiger partial charge in [0.25, 0.3) is 5.91 Å². The first-order valence-electron chi connectivity index (χ1n) is 10.8. The number of benzene rings is 3. The van der Waals surface area contributed by atoms with Crippen LogP contribution in [0.2, 0.25) is 5.02 Å². The van der Waals surface area contributed by atoms with Crippen molar-refractivity contribution in [1.29, 1.82) is 0 Å². The van der Waals surface area contributed by atoms with Crippen molar-refractivity contribution >= 4 is 45.9 Å². The van der Waals surface area contributed by atoms with Crippen LogP contribution in [-0.2, 0) is 6.54 Å². The molecule has 8 heteroatoms. The van der Waals surface area contributed by atoms with Gasteiger partial charge in [-0.05, 0) is 71.7 Å². The number of ether oxygens (including phenoxy) is 1. The van der Waals surface area contributed by atoms with Crippen molar-refractivity contribution in [2.24, 2.45) is 0 Å². The van der Waals surface area contributed by atoms with Crippen LogP contribution in [0.25, 0.3) is 22.6 Å². The van der Waals surface area contributed by atoms with Gasteiger partial charge in [0.2, 0.25) is 5.89 Å². The Kier molecular flexibility index (Phi) is 7.14. The summed E-state index contributed by atoms with van der Waals surface area (Å²) in [6, 6.07) is 18.7. The van der Waals surface area contributed by atoms with Gasteiger partial charge in [0.05, 0.1) is 12.1 Å². The largest absolute Gasteiger partial charge is 0.495 e. The van der Waals surface area contributed by atoms with Crippen LogP contribution in [0.15, 0.2) is 65.1 Å². The first-order chi connectivity index (χ1) is 16.3. The number of rotatable bonds is 6. The van der Waals surface area contributed by atoms with Gasteiger partial charge >= 0.3 is 0 Å².